The van der Waals surface area contributed by atoms with E-state index in [1.807, 2.05) is 31.9 Å². The van der Waals surface area contributed by atoms with E-state index in [4.69, 9.17) is 9.35 Å². The minimum atomic E-state index is -4.63. The number of carbonyl (C=O) groups is 1. The third-order valence-electron chi connectivity index (χ3n) is 2.91. The fourth-order valence-electron chi connectivity index (χ4n) is 1.90. The van der Waals surface area contributed by atoms with Gasteiger partial charge in [-0.3, -0.25) is 4.55 Å². The van der Waals surface area contributed by atoms with Crippen LogP contribution in [-0.2, 0) is 29.2 Å². The molecule has 0 aliphatic heterocycles. The minimum Gasteiger partial charge on any atom is -0.307 e. The molecule has 126 valence electrons. The molecular weight excluding hydrogens is 344 g/mol. The Labute approximate surface area is 134 Å². The van der Waals surface area contributed by atoms with Crippen molar-refractivity contribution in [1.82, 2.24) is 0 Å². The first-order chi connectivity index (χ1) is 10.7. The maximum Gasteiger partial charge on any atom is 0.397 e. The van der Waals surface area contributed by atoms with Gasteiger partial charge in [0.15, 0.2) is 9.84 Å². The van der Waals surface area contributed by atoms with Gasteiger partial charge in [-0.25, -0.2) is 12.6 Å². The van der Waals surface area contributed by atoms with Crippen molar-refractivity contribution in [3.63, 3.8) is 0 Å². The van der Waals surface area contributed by atoms with Crippen LogP contribution in [0.1, 0.15) is 5.56 Å². The Hall–Kier alpha value is -1.81. The SMILES string of the molecule is C=O.Cc1ccc2cc(S(=O)(=O)CCOS(=O)(=O)O)ccc2c1. The van der Waals surface area contributed by atoms with Gasteiger partial charge in [-0.2, -0.15) is 8.42 Å². The molecule has 0 fully saturated rings. The first-order valence-corrected chi connectivity index (χ1v) is 9.33. The van der Waals surface area contributed by atoms with E-state index in [1.54, 1.807) is 6.07 Å². The number of carbonyl (C=O) groups excluding carboxylic acids is 1. The predicted molar refractivity (Wildman–Crippen MR) is 85.4 cm³/mol. The highest BCUT2D eigenvalue weighted by molar-refractivity contribution is 7.91. The molecule has 1 N–H and O–H groups in total. The Bertz CT molecular complexity index is 886. The van der Waals surface area contributed by atoms with Gasteiger partial charge in [-0.05, 0) is 29.8 Å². The molecule has 0 spiro atoms. The molecule has 0 bridgehead atoms. The topological polar surface area (TPSA) is 115 Å². The summed E-state index contributed by atoms with van der Waals surface area (Å²) >= 11 is 0. The average molecular weight is 360 g/mol. The third-order valence-corrected chi connectivity index (χ3v) is 5.05. The lowest BCUT2D eigenvalue weighted by atomic mass is 10.1. The normalized spacial score (nSPS) is 11.7. The van der Waals surface area contributed by atoms with Gasteiger partial charge in [0, 0.05) is 0 Å². The summed E-state index contributed by atoms with van der Waals surface area (Å²) in [6, 6.07) is 10.3. The molecule has 23 heavy (non-hydrogen) atoms. The highest BCUT2D eigenvalue weighted by Crippen LogP contribution is 2.21. The van der Waals surface area contributed by atoms with Crippen LogP contribution in [0, 0.1) is 6.92 Å². The molecular formula is C14H16O7S2. The summed E-state index contributed by atoms with van der Waals surface area (Å²) in [7, 11) is -8.32. The number of benzene rings is 2. The van der Waals surface area contributed by atoms with Crippen LogP contribution in [0.15, 0.2) is 41.3 Å². The maximum absolute atomic E-state index is 12.1. The number of sulfone groups is 1. The standard InChI is InChI=1S/C13H14O6S2.CH2O/c1-10-2-3-12-9-13(5-4-11(12)8-10)20(14,15)7-6-19-21(16,17)18;1-2/h2-5,8-9H,6-7H2,1H3,(H,16,17,18);1H2. The fourth-order valence-corrected chi connectivity index (χ4v) is 3.42. The van der Waals surface area contributed by atoms with Crippen molar-refractivity contribution in [2.75, 3.05) is 12.4 Å². The molecule has 0 atom stereocenters. The van der Waals surface area contributed by atoms with Gasteiger partial charge in [0.1, 0.15) is 6.79 Å². The van der Waals surface area contributed by atoms with Crippen LogP contribution < -0.4 is 0 Å². The largest absolute Gasteiger partial charge is 0.397 e. The highest BCUT2D eigenvalue weighted by atomic mass is 32.3. The lowest BCUT2D eigenvalue weighted by molar-refractivity contribution is -0.0980. The second-order valence-electron chi connectivity index (χ2n) is 4.58. The Balaban J connectivity index is 0.00000127. The van der Waals surface area contributed by atoms with E-state index in [2.05, 4.69) is 4.18 Å². The van der Waals surface area contributed by atoms with Gasteiger partial charge in [-0.15, -0.1) is 0 Å². The smallest absolute Gasteiger partial charge is 0.307 e. The summed E-state index contributed by atoms with van der Waals surface area (Å²) in [5.41, 5.74) is 1.07. The second-order valence-corrected chi connectivity index (χ2v) is 7.78. The molecule has 2 aromatic rings. The first kappa shape index (κ1) is 19.2. The highest BCUT2D eigenvalue weighted by Gasteiger charge is 2.16. The monoisotopic (exact) mass is 360 g/mol. The third kappa shape index (κ3) is 5.71. The summed E-state index contributed by atoms with van der Waals surface area (Å²) in [6.07, 6.45) is 0. The Morgan fingerprint density at radius 1 is 1.00 bits per heavy atom. The van der Waals surface area contributed by atoms with Gasteiger partial charge in [-0.1, -0.05) is 29.8 Å². The molecule has 9 heteroatoms. The first-order valence-electron chi connectivity index (χ1n) is 6.31. The molecule has 0 heterocycles. The van der Waals surface area contributed by atoms with E-state index in [0.717, 1.165) is 16.3 Å². The zero-order valence-electron chi connectivity index (χ0n) is 12.3. The zero-order chi connectivity index (χ0) is 17.7. The summed E-state index contributed by atoms with van der Waals surface area (Å²) in [6.45, 7) is 3.31. The van der Waals surface area contributed by atoms with Crippen molar-refractivity contribution >= 4 is 37.8 Å². The summed E-state index contributed by atoms with van der Waals surface area (Å²) < 4.78 is 57.4. The lowest BCUT2D eigenvalue weighted by Gasteiger charge is -2.06. The lowest BCUT2D eigenvalue weighted by Crippen LogP contribution is -2.15. The molecule has 0 amide bonds. The van der Waals surface area contributed by atoms with Crippen LogP contribution in [0.4, 0.5) is 0 Å². The Morgan fingerprint density at radius 2 is 1.57 bits per heavy atom. The number of hydrogen-bond donors (Lipinski definition) is 1. The molecule has 2 rings (SSSR count). The fraction of sp³-hybridized carbons (Fsp3) is 0.214. The van der Waals surface area contributed by atoms with Gasteiger partial charge >= 0.3 is 10.4 Å². The van der Waals surface area contributed by atoms with Gasteiger partial charge in [0.2, 0.25) is 0 Å². The van der Waals surface area contributed by atoms with Crippen LogP contribution in [-0.4, -0.2) is 40.5 Å². The van der Waals surface area contributed by atoms with E-state index < -0.39 is 32.6 Å². The van der Waals surface area contributed by atoms with Crippen molar-refractivity contribution in [3.8, 4) is 0 Å². The molecule has 0 aliphatic carbocycles. The number of rotatable bonds is 5. The molecule has 2 aromatic carbocycles. The predicted octanol–water partition coefficient (Wildman–Crippen LogP) is 1.56. The van der Waals surface area contributed by atoms with Gasteiger partial charge < -0.3 is 4.79 Å². The summed E-state index contributed by atoms with van der Waals surface area (Å²) in [5.74, 6) is -0.538. The minimum absolute atomic E-state index is 0.0813. The molecule has 0 aromatic heterocycles. The number of hydrogen-bond acceptors (Lipinski definition) is 6. The van der Waals surface area contributed by atoms with E-state index in [1.165, 1.54) is 12.1 Å². The number of fused-ring (bicyclic) bond motifs is 1. The quantitative estimate of drug-likeness (QED) is 0.805. The van der Waals surface area contributed by atoms with E-state index in [-0.39, 0.29) is 4.90 Å². The van der Waals surface area contributed by atoms with Crippen molar-refractivity contribution in [2.45, 2.75) is 11.8 Å². The van der Waals surface area contributed by atoms with E-state index in [0.29, 0.717) is 0 Å². The van der Waals surface area contributed by atoms with Crippen molar-refractivity contribution in [2.24, 2.45) is 0 Å². The summed E-state index contributed by atoms with van der Waals surface area (Å²) in [4.78, 5) is 8.08. The maximum atomic E-state index is 12.1. The van der Waals surface area contributed by atoms with Gasteiger partial charge in [0.05, 0.1) is 17.3 Å². The molecule has 7 nitrogen and oxygen atoms in total. The Kier molecular flexibility index (Phi) is 6.39. The summed E-state index contributed by atoms with van der Waals surface area (Å²) in [5, 5.41) is 1.69. The van der Waals surface area contributed by atoms with Gasteiger partial charge in [0.25, 0.3) is 0 Å². The molecule has 0 saturated heterocycles. The molecule has 0 unspecified atom stereocenters. The van der Waals surface area contributed by atoms with Crippen LogP contribution in [0.25, 0.3) is 10.8 Å². The van der Waals surface area contributed by atoms with Crippen LogP contribution in [0.2, 0.25) is 0 Å². The average Bonchev–Trinajstić information content (AvgIpc) is 2.47. The van der Waals surface area contributed by atoms with E-state index in [9.17, 15) is 16.8 Å². The second kappa shape index (κ2) is 7.64. The molecule has 0 radical (unpaired) electrons. The van der Waals surface area contributed by atoms with E-state index >= 15 is 0 Å². The van der Waals surface area contributed by atoms with Crippen molar-refractivity contribution in [1.29, 1.82) is 0 Å². The van der Waals surface area contributed by atoms with Crippen molar-refractivity contribution in [3.05, 3.63) is 42.0 Å². The van der Waals surface area contributed by atoms with Crippen LogP contribution in [0.3, 0.4) is 0 Å². The molecule has 0 aliphatic rings. The number of aryl methyl sites for hydroxylation is 1. The molecule has 0 saturated carbocycles. The zero-order valence-corrected chi connectivity index (χ0v) is 13.9. The van der Waals surface area contributed by atoms with Crippen LogP contribution in [0.5, 0.6) is 0 Å². The van der Waals surface area contributed by atoms with Crippen LogP contribution >= 0.6 is 0 Å². The van der Waals surface area contributed by atoms with Crippen molar-refractivity contribution < 1.29 is 30.4 Å². The Morgan fingerprint density at radius 3 is 2.17 bits per heavy atom.